The number of nitrogens with one attached hydrogen (secondary N) is 1. The number of thioether (sulfide) groups is 1. The third-order valence-corrected chi connectivity index (χ3v) is 4.05. The predicted molar refractivity (Wildman–Crippen MR) is 66.2 cm³/mol. The summed E-state index contributed by atoms with van der Waals surface area (Å²) >= 11 is 7.10. The molecule has 6 heteroatoms. The van der Waals surface area contributed by atoms with Gasteiger partial charge in [0.15, 0.2) is 0 Å². The van der Waals surface area contributed by atoms with Gasteiger partial charge in [-0.2, -0.15) is 0 Å². The quantitative estimate of drug-likeness (QED) is 0.859. The normalized spacial score (nSPS) is 24.2. The first-order valence-corrected chi connectivity index (χ1v) is 6.41. The number of hydrogen-bond donors (Lipinski definition) is 2. The third kappa shape index (κ3) is 2.73. The van der Waals surface area contributed by atoms with E-state index in [1.807, 2.05) is 0 Å². The fourth-order valence-electron chi connectivity index (χ4n) is 1.58. The first kappa shape index (κ1) is 12.3. The van der Waals surface area contributed by atoms with Crippen LogP contribution < -0.4 is 5.32 Å². The Morgan fingerprint density at radius 2 is 2.06 bits per heavy atom. The fourth-order valence-corrected chi connectivity index (χ4v) is 2.88. The van der Waals surface area contributed by atoms with Crippen LogP contribution >= 0.6 is 23.4 Å². The predicted octanol–water partition coefficient (Wildman–Crippen LogP) is 1.70. The Kier molecular flexibility index (Phi) is 3.59. The molecule has 0 aromatic heterocycles. The van der Waals surface area contributed by atoms with E-state index in [-0.39, 0.29) is 11.2 Å². The van der Waals surface area contributed by atoms with Crippen LogP contribution in [0.15, 0.2) is 24.3 Å². The Balaban J connectivity index is 2.12. The zero-order valence-electron chi connectivity index (χ0n) is 8.72. The summed E-state index contributed by atoms with van der Waals surface area (Å²) in [5, 5.41) is 11.5. The van der Waals surface area contributed by atoms with Crippen molar-refractivity contribution in [3.8, 4) is 0 Å². The Bertz CT molecular complexity index is 449. The second-order valence-electron chi connectivity index (χ2n) is 3.66. The molecular weight excluding hydrogens is 262 g/mol. The lowest BCUT2D eigenvalue weighted by molar-refractivity contribution is -0.141. The molecule has 0 saturated carbocycles. The summed E-state index contributed by atoms with van der Waals surface area (Å²) in [6.45, 7) is 0. The van der Waals surface area contributed by atoms with Crippen molar-refractivity contribution in [3.63, 3.8) is 0 Å². The van der Waals surface area contributed by atoms with E-state index in [1.54, 1.807) is 24.3 Å². The van der Waals surface area contributed by atoms with Gasteiger partial charge in [0.25, 0.3) is 0 Å². The molecule has 0 aliphatic carbocycles. The van der Waals surface area contributed by atoms with Gasteiger partial charge in [-0.25, -0.2) is 4.79 Å². The van der Waals surface area contributed by atoms with E-state index in [9.17, 15) is 9.59 Å². The molecule has 1 aromatic rings. The first-order chi connectivity index (χ1) is 8.08. The highest BCUT2D eigenvalue weighted by Gasteiger charge is 2.32. The summed E-state index contributed by atoms with van der Waals surface area (Å²) in [6, 6.07) is 6.19. The summed E-state index contributed by atoms with van der Waals surface area (Å²) in [7, 11) is 0. The Morgan fingerprint density at radius 1 is 1.41 bits per heavy atom. The van der Waals surface area contributed by atoms with Gasteiger partial charge in [-0.15, -0.1) is 11.8 Å². The molecule has 4 nitrogen and oxygen atoms in total. The molecule has 2 atom stereocenters. The lowest BCUT2D eigenvalue weighted by Crippen LogP contribution is -2.47. The smallest absolute Gasteiger partial charge is 0.327 e. The summed E-state index contributed by atoms with van der Waals surface area (Å²) in [6.07, 6.45) is 0. The second kappa shape index (κ2) is 4.98. The van der Waals surface area contributed by atoms with Gasteiger partial charge in [0, 0.05) is 10.8 Å². The van der Waals surface area contributed by atoms with Crippen molar-refractivity contribution >= 4 is 35.2 Å². The number of benzene rings is 1. The van der Waals surface area contributed by atoms with Crippen molar-refractivity contribution < 1.29 is 14.7 Å². The highest BCUT2D eigenvalue weighted by molar-refractivity contribution is 8.00. The fraction of sp³-hybridized carbons (Fsp3) is 0.273. The van der Waals surface area contributed by atoms with Crippen LogP contribution in [0.2, 0.25) is 5.02 Å². The average molecular weight is 272 g/mol. The monoisotopic (exact) mass is 271 g/mol. The second-order valence-corrected chi connectivity index (χ2v) is 5.24. The molecule has 1 saturated heterocycles. The summed E-state index contributed by atoms with van der Waals surface area (Å²) in [5.74, 6) is -0.898. The topological polar surface area (TPSA) is 66.4 Å². The number of halogens is 1. The lowest BCUT2D eigenvalue weighted by Gasteiger charge is -2.26. The standard InChI is InChI=1S/C11H10ClNO3S/c12-7-3-1-6(2-4-7)9-10(14)13-8(5-17-9)11(15)16/h1-4,8-9H,5H2,(H,13,14)(H,15,16). The summed E-state index contributed by atoms with van der Waals surface area (Å²) < 4.78 is 0. The molecule has 1 aliphatic heterocycles. The van der Waals surface area contributed by atoms with Gasteiger partial charge in [0.2, 0.25) is 5.91 Å². The van der Waals surface area contributed by atoms with Crippen molar-refractivity contribution in [2.75, 3.05) is 5.75 Å². The number of carboxylic acids is 1. The largest absolute Gasteiger partial charge is 0.480 e. The lowest BCUT2D eigenvalue weighted by atomic mass is 10.1. The van der Waals surface area contributed by atoms with Crippen LogP contribution in [0.25, 0.3) is 0 Å². The molecule has 1 amide bonds. The Morgan fingerprint density at radius 3 is 2.59 bits per heavy atom. The third-order valence-electron chi connectivity index (χ3n) is 2.46. The molecule has 0 spiro atoms. The molecular formula is C11H10ClNO3S. The van der Waals surface area contributed by atoms with Crippen molar-refractivity contribution in [1.29, 1.82) is 0 Å². The van der Waals surface area contributed by atoms with Gasteiger partial charge >= 0.3 is 5.97 Å². The zero-order chi connectivity index (χ0) is 12.4. The summed E-state index contributed by atoms with van der Waals surface area (Å²) in [4.78, 5) is 22.5. The molecule has 1 heterocycles. The Hall–Kier alpha value is -1.20. The molecule has 2 N–H and O–H groups in total. The Labute approximate surface area is 107 Å². The van der Waals surface area contributed by atoms with E-state index >= 15 is 0 Å². The summed E-state index contributed by atoms with van der Waals surface area (Å²) in [5.41, 5.74) is 0.834. The molecule has 17 heavy (non-hydrogen) atoms. The van der Waals surface area contributed by atoms with E-state index in [0.717, 1.165) is 5.56 Å². The molecule has 0 radical (unpaired) electrons. The van der Waals surface area contributed by atoms with Crippen LogP contribution in [-0.4, -0.2) is 28.8 Å². The van der Waals surface area contributed by atoms with Crippen LogP contribution in [0.1, 0.15) is 10.8 Å². The number of rotatable bonds is 2. The average Bonchev–Trinajstić information content (AvgIpc) is 2.30. The van der Waals surface area contributed by atoms with Crippen LogP contribution in [0.3, 0.4) is 0 Å². The first-order valence-electron chi connectivity index (χ1n) is 4.98. The molecule has 0 bridgehead atoms. The van der Waals surface area contributed by atoms with Crippen molar-refractivity contribution in [2.45, 2.75) is 11.3 Å². The number of hydrogen-bond acceptors (Lipinski definition) is 3. The molecule has 1 aliphatic rings. The van der Waals surface area contributed by atoms with Gasteiger partial charge in [0.1, 0.15) is 11.3 Å². The molecule has 90 valence electrons. The van der Waals surface area contributed by atoms with E-state index < -0.39 is 12.0 Å². The maximum atomic E-state index is 11.8. The van der Waals surface area contributed by atoms with Crippen LogP contribution in [0.4, 0.5) is 0 Å². The van der Waals surface area contributed by atoms with E-state index in [2.05, 4.69) is 5.32 Å². The van der Waals surface area contributed by atoms with Crippen LogP contribution in [0.5, 0.6) is 0 Å². The number of carbonyl (C=O) groups is 2. The van der Waals surface area contributed by atoms with Crippen molar-refractivity contribution in [1.82, 2.24) is 5.32 Å². The maximum absolute atomic E-state index is 11.8. The van der Waals surface area contributed by atoms with Gasteiger partial charge < -0.3 is 10.4 Å². The van der Waals surface area contributed by atoms with Crippen molar-refractivity contribution in [3.05, 3.63) is 34.9 Å². The van der Waals surface area contributed by atoms with Gasteiger partial charge in [-0.1, -0.05) is 23.7 Å². The maximum Gasteiger partial charge on any atom is 0.327 e. The van der Waals surface area contributed by atoms with E-state index in [1.165, 1.54) is 11.8 Å². The molecule has 2 rings (SSSR count). The van der Waals surface area contributed by atoms with Crippen molar-refractivity contribution in [2.24, 2.45) is 0 Å². The minimum Gasteiger partial charge on any atom is -0.480 e. The zero-order valence-corrected chi connectivity index (χ0v) is 10.3. The molecule has 1 fully saturated rings. The number of aliphatic carboxylic acids is 1. The number of amides is 1. The van der Waals surface area contributed by atoms with Gasteiger partial charge in [-0.05, 0) is 17.7 Å². The SMILES string of the molecule is O=C(O)C1CSC(c2ccc(Cl)cc2)C(=O)N1. The van der Waals surface area contributed by atoms with Gasteiger partial charge in [-0.3, -0.25) is 4.79 Å². The highest BCUT2D eigenvalue weighted by atomic mass is 35.5. The molecule has 2 unspecified atom stereocenters. The highest BCUT2D eigenvalue weighted by Crippen LogP contribution is 2.33. The minimum atomic E-state index is -1.000. The van der Waals surface area contributed by atoms with E-state index in [0.29, 0.717) is 10.8 Å². The van der Waals surface area contributed by atoms with Crippen LogP contribution in [0, 0.1) is 0 Å². The molecule has 1 aromatic carbocycles. The van der Waals surface area contributed by atoms with Crippen LogP contribution in [-0.2, 0) is 9.59 Å². The van der Waals surface area contributed by atoms with Gasteiger partial charge in [0.05, 0.1) is 0 Å². The van der Waals surface area contributed by atoms with E-state index in [4.69, 9.17) is 16.7 Å². The number of carboxylic acid groups (broad SMARTS) is 1. The number of carbonyl (C=O) groups excluding carboxylic acids is 1. The minimum absolute atomic E-state index is 0.268.